The van der Waals surface area contributed by atoms with Crippen molar-refractivity contribution in [2.75, 3.05) is 33.4 Å². The molecule has 74 valence electrons. The fourth-order valence-electron chi connectivity index (χ4n) is 1.13. The molecule has 13 heavy (non-hydrogen) atoms. The molecule has 1 heterocycles. The SMILES string of the molecule is CN/C=C(/Br)C(=N)N1CCOCC1. The fraction of sp³-hybridized carbons (Fsp3) is 0.625. The first kappa shape index (κ1) is 10.5. The number of ether oxygens (including phenoxy) is 1. The van der Waals surface area contributed by atoms with Gasteiger partial charge in [0.25, 0.3) is 0 Å². The van der Waals surface area contributed by atoms with E-state index < -0.39 is 0 Å². The summed E-state index contributed by atoms with van der Waals surface area (Å²) in [4.78, 5) is 1.99. The normalized spacial score (nSPS) is 18.6. The molecule has 0 amide bonds. The van der Waals surface area contributed by atoms with Crippen LogP contribution in [0.2, 0.25) is 0 Å². The minimum absolute atomic E-state index is 0.512. The molecule has 1 saturated heterocycles. The molecule has 0 aromatic heterocycles. The highest BCUT2D eigenvalue weighted by Crippen LogP contribution is 2.10. The van der Waals surface area contributed by atoms with Crippen molar-refractivity contribution < 1.29 is 4.74 Å². The fourth-order valence-corrected chi connectivity index (χ4v) is 1.61. The second kappa shape index (κ2) is 5.24. The van der Waals surface area contributed by atoms with Gasteiger partial charge in [-0.1, -0.05) is 0 Å². The number of rotatable bonds is 2. The lowest BCUT2D eigenvalue weighted by Gasteiger charge is -2.28. The molecule has 2 N–H and O–H groups in total. The van der Waals surface area contributed by atoms with Gasteiger partial charge in [-0.25, -0.2) is 0 Å². The molecule has 0 aromatic carbocycles. The maximum absolute atomic E-state index is 7.81. The van der Waals surface area contributed by atoms with Crippen molar-refractivity contribution >= 4 is 21.8 Å². The summed E-state index contributed by atoms with van der Waals surface area (Å²) in [6.45, 7) is 3.02. The zero-order valence-corrected chi connectivity index (χ0v) is 9.23. The first-order valence-electron chi connectivity index (χ1n) is 4.20. The van der Waals surface area contributed by atoms with Crippen molar-refractivity contribution in [3.05, 3.63) is 10.7 Å². The number of amidine groups is 1. The summed E-state index contributed by atoms with van der Waals surface area (Å²) in [5.41, 5.74) is 0. The Balaban J connectivity index is 2.50. The molecule has 4 nitrogen and oxygen atoms in total. The van der Waals surface area contributed by atoms with Crippen LogP contribution in [0.1, 0.15) is 0 Å². The Bertz CT molecular complexity index is 211. The van der Waals surface area contributed by atoms with Gasteiger partial charge in [0, 0.05) is 26.3 Å². The smallest absolute Gasteiger partial charge is 0.136 e. The van der Waals surface area contributed by atoms with E-state index in [2.05, 4.69) is 21.2 Å². The molecule has 0 unspecified atom stereocenters. The second-order valence-corrected chi connectivity index (χ2v) is 3.58. The minimum Gasteiger partial charge on any atom is -0.393 e. The largest absolute Gasteiger partial charge is 0.393 e. The molecule has 0 aliphatic carbocycles. The van der Waals surface area contributed by atoms with E-state index in [9.17, 15) is 0 Å². The standard InChI is InChI=1S/C8H14BrN3O/c1-11-6-7(9)8(10)12-2-4-13-5-3-12/h6,10-11H,2-5H2,1H3/b7-6+,10-8?. The molecule has 0 bridgehead atoms. The molecule has 1 aliphatic heterocycles. The van der Waals surface area contributed by atoms with Gasteiger partial charge >= 0.3 is 0 Å². The average Bonchev–Trinajstić information content (AvgIpc) is 2.18. The van der Waals surface area contributed by atoms with Gasteiger partial charge in [0.2, 0.25) is 0 Å². The van der Waals surface area contributed by atoms with Crippen LogP contribution in [0.3, 0.4) is 0 Å². The predicted octanol–water partition coefficient (Wildman–Crippen LogP) is 0.752. The summed E-state index contributed by atoms with van der Waals surface area (Å²) >= 11 is 3.33. The van der Waals surface area contributed by atoms with Gasteiger partial charge < -0.3 is 15.0 Å². The zero-order valence-electron chi connectivity index (χ0n) is 7.64. The van der Waals surface area contributed by atoms with E-state index in [1.54, 1.807) is 6.20 Å². The Kier molecular flexibility index (Phi) is 4.24. The molecule has 0 radical (unpaired) electrons. The minimum atomic E-state index is 0.512. The molecule has 1 aliphatic rings. The average molecular weight is 248 g/mol. The Morgan fingerprint density at radius 1 is 1.54 bits per heavy atom. The molecular weight excluding hydrogens is 234 g/mol. The van der Waals surface area contributed by atoms with Crippen LogP contribution in [0.15, 0.2) is 10.7 Å². The van der Waals surface area contributed by atoms with Crippen molar-refractivity contribution in [3.63, 3.8) is 0 Å². The zero-order chi connectivity index (χ0) is 9.68. The monoisotopic (exact) mass is 247 g/mol. The highest BCUT2D eigenvalue weighted by Gasteiger charge is 2.15. The third kappa shape index (κ3) is 3.00. The van der Waals surface area contributed by atoms with E-state index in [-0.39, 0.29) is 0 Å². The number of halogens is 1. The first-order valence-corrected chi connectivity index (χ1v) is 4.99. The van der Waals surface area contributed by atoms with Crippen molar-refractivity contribution in [2.45, 2.75) is 0 Å². The first-order chi connectivity index (χ1) is 6.25. The lowest BCUT2D eigenvalue weighted by atomic mass is 10.4. The number of nitrogens with one attached hydrogen (secondary N) is 2. The quantitative estimate of drug-likeness (QED) is 0.560. The van der Waals surface area contributed by atoms with E-state index >= 15 is 0 Å². The van der Waals surface area contributed by atoms with Crippen LogP contribution in [0, 0.1) is 5.41 Å². The van der Waals surface area contributed by atoms with E-state index in [1.165, 1.54) is 0 Å². The third-order valence-electron chi connectivity index (χ3n) is 1.82. The summed E-state index contributed by atoms with van der Waals surface area (Å²) in [5, 5.41) is 10.7. The Morgan fingerprint density at radius 2 is 2.15 bits per heavy atom. The summed E-state index contributed by atoms with van der Waals surface area (Å²) in [5.74, 6) is 0.512. The van der Waals surface area contributed by atoms with Crippen molar-refractivity contribution in [1.82, 2.24) is 10.2 Å². The van der Waals surface area contributed by atoms with Crippen LogP contribution in [0.4, 0.5) is 0 Å². The predicted molar refractivity (Wildman–Crippen MR) is 56.2 cm³/mol. The molecule has 0 aromatic rings. The Labute approximate surface area is 86.6 Å². The van der Waals surface area contributed by atoms with Crippen LogP contribution < -0.4 is 5.32 Å². The topological polar surface area (TPSA) is 48.4 Å². The van der Waals surface area contributed by atoms with E-state index in [4.69, 9.17) is 10.1 Å². The number of hydrogen-bond acceptors (Lipinski definition) is 3. The van der Waals surface area contributed by atoms with Gasteiger partial charge in [-0.15, -0.1) is 0 Å². The van der Waals surface area contributed by atoms with Gasteiger partial charge in [0.1, 0.15) is 5.84 Å². The molecule has 0 saturated carbocycles. The van der Waals surface area contributed by atoms with E-state index in [1.807, 2.05) is 11.9 Å². The molecular formula is C8H14BrN3O. The lowest BCUT2D eigenvalue weighted by molar-refractivity contribution is 0.0681. The highest BCUT2D eigenvalue weighted by molar-refractivity contribution is 9.12. The van der Waals surface area contributed by atoms with Crippen molar-refractivity contribution in [1.29, 1.82) is 5.41 Å². The number of morpholine rings is 1. The van der Waals surface area contributed by atoms with Crippen molar-refractivity contribution in [2.24, 2.45) is 0 Å². The molecule has 0 atom stereocenters. The van der Waals surface area contributed by atoms with Crippen LogP contribution in [-0.4, -0.2) is 44.1 Å². The summed E-state index contributed by atoms with van der Waals surface area (Å²) in [6, 6.07) is 0. The number of nitrogens with zero attached hydrogens (tertiary/aromatic N) is 1. The number of hydrogen-bond donors (Lipinski definition) is 2. The molecule has 1 rings (SSSR count). The maximum atomic E-state index is 7.81. The summed E-state index contributed by atoms with van der Waals surface area (Å²) in [7, 11) is 1.81. The molecule has 1 fully saturated rings. The van der Waals surface area contributed by atoms with E-state index in [0.717, 1.165) is 17.6 Å². The second-order valence-electron chi connectivity index (χ2n) is 2.73. The van der Waals surface area contributed by atoms with Crippen LogP contribution in [0.5, 0.6) is 0 Å². The Morgan fingerprint density at radius 3 is 2.69 bits per heavy atom. The maximum Gasteiger partial charge on any atom is 0.136 e. The summed E-state index contributed by atoms with van der Waals surface area (Å²) < 4.78 is 5.98. The van der Waals surface area contributed by atoms with Gasteiger partial charge in [-0.3, -0.25) is 5.41 Å². The third-order valence-corrected chi connectivity index (χ3v) is 2.43. The van der Waals surface area contributed by atoms with Crippen LogP contribution >= 0.6 is 15.9 Å². The van der Waals surface area contributed by atoms with Crippen LogP contribution in [0.25, 0.3) is 0 Å². The molecule has 0 spiro atoms. The van der Waals surface area contributed by atoms with E-state index in [0.29, 0.717) is 19.0 Å². The van der Waals surface area contributed by atoms with Gasteiger partial charge in [-0.05, 0) is 15.9 Å². The summed E-state index contributed by atoms with van der Waals surface area (Å²) in [6.07, 6.45) is 1.76. The molecule has 5 heteroatoms. The highest BCUT2D eigenvalue weighted by atomic mass is 79.9. The van der Waals surface area contributed by atoms with Crippen molar-refractivity contribution in [3.8, 4) is 0 Å². The van der Waals surface area contributed by atoms with Gasteiger partial charge in [0.05, 0.1) is 17.7 Å². The van der Waals surface area contributed by atoms with Gasteiger partial charge in [0.15, 0.2) is 0 Å². The van der Waals surface area contributed by atoms with Crippen LogP contribution in [-0.2, 0) is 4.74 Å². The Hall–Kier alpha value is -0.550. The lowest BCUT2D eigenvalue weighted by Crippen LogP contribution is -2.40. The van der Waals surface area contributed by atoms with Gasteiger partial charge in [-0.2, -0.15) is 0 Å².